The van der Waals surface area contributed by atoms with Crippen molar-refractivity contribution in [3.05, 3.63) is 11.7 Å². The van der Waals surface area contributed by atoms with Crippen molar-refractivity contribution in [3.63, 3.8) is 0 Å². The average Bonchev–Trinajstić information content (AvgIpc) is 2.74. The van der Waals surface area contributed by atoms with Crippen LogP contribution in [-0.4, -0.2) is 43.1 Å². The van der Waals surface area contributed by atoms with Gasteiger partial charge < -0.3 is 19.7 Å². The molecule has 0 aromatic carbocycles. The third-order valence-electron chi connectivity index (χ3n) is 2.18. The summed E-state index contributed by atoms with van der Waals surface area (Å²) in [6, 6.07) is 0. The van der Waals surface area contributed by atoms with Gasteiger partial charge in [0, 0.05) is 26.7 Å². The Morgan fingerprint density at radius 2 is 2.31 bits per heavy atom. The van der Waals surface area contributed by atoms with E-state index >= 15 is 0 Å². The zero-order chi connectivity index (χ0) is 11.8. The fourth-order valence-corrected chi connectivity index (χ4v) is 1.24. The lowest BCUT2D eigenvalue weighted by Gasteiger charge is -2.08. The highest BCUT2D eigenvalue weighted by Gasteiger charge is 2.12. The maximum absolute atomic E-state index is 5.50. The summed E-state index contributed by atoms with van der Waals surface area (Å²) < 4.78 is 15.4. The number of nitrogens with two attached hydrogens (primary N) is 1. The van der Waals surface area contributed by atoms with Crippen molar-refractivity contribution in [2.24, 2.45) is 5.73 Å². The topological polar surface area (TPSA) is 83.4 Å². The molecule has 0 spiro atoms. The number of nitrogens with zero attached hydrogens (tertiary/aromatic N) is 2. The van der Waals surface area contributed by atoms with Crippen LogP contribution < -0.4 is 5.73 Å². The van der Waals surface area contributed by atoms with Crippen LogP contribution in [0.2, 0.25) is 0 Å². The van der Waals surface area contributed by atoms with Crippen molar-refractivity contribution >= 4 is 0 Å². The van der Waals surface area contributed by atoms with Crippen LogP contribution in [0.15, 0.2) is 4.52 Å². The van der Waals surface area contributed by atoms with Crippen molar-refractivity contribution in [1.29, 1.82) is 0 Å². The standard InChI is InChI=1S/C10H19N3O3/c1-3-15-5-4-9-12-10(16-13-9)6-8(7-11)14-2/h8H,3-7,11H2,1-2H3. The van der Waals surface area contributed by atoms with Crippen molar-refractivity contribution < 1.29 is 14.0 Å². The summed E-state index contributed by atoms with van der Waals surface area (Å²) >= 11 is 0. The van der Waals surface area contributed by atoms with Gasteiger partial charge in [0.2, 0.25) is 5.89 Å². The minimum atomic E-state index is -0.0693. The van der Waals surface area contributed by atoms with E-state index in [-0.39, 0.29) is 6.10 Å². The highest BCUT2D eigenvalue weighted by Crippen LogP contribution is 2.03. The van der Waals surface area contributed by atoms with Crippen molar-refractivity contribution in [3.8, 4) is 0 Å². The molecule has 0 saturated heterocycles. The Labute approximate surface area is 95.1 Å². The summed E-state index contributed by atoms with van der Waals surface area (Å²) in [4.78, 5) is 4.22. The van der Waals surface area contributed by atoms with E-state index in [1.807, 2.05) is 6.92 Å². The van der Waals surface area contributed by atoms with Crippen LogP contribution >= 0.6 is 0 Å². The number of methoxy groups -OCH3 is 1. The van der Waals surface area contributed by atoms with Gasteiger partial charge in [0.05, 0.1) is 19.1 Å². The zero-order valence-electron chi connectivity index (χ0n) is 9.81. The van der Waals surface area contributed by atoms with E-state index in [0.29, 0.717) is 44.3 Å². The van der Waals surface area contributed by atoms with Crippen LogP contribution in [0.1, 0.15) is 18.6 Å². The van der Waals surface area contributed by atoms with Crippen molar-refractivity contribution in [1.82, 2.24) is 10.1 Å². The first-order chi connectivity index (χ1) is 7.80. The summed E-state index contributed by atoms with van der Waals surface area (Å²) in [7, 11) is 1.61. The lowest BCUT2D eigenvalue weighted by molar-refractivity contribution is 0.102. The molecule has 1 atom stereocenters. The number of ether oxygens (including phenoxy) is 2. The molecule has 6 heteroatoms. The summed E-state index contributed by atoms with van der Waals surface area (Å²) in [5, 5.41) is 3.85. The normalized spacial score (nSPS) is 12.9. The van der Waals surface area contributed by atoms with Gasteiger partial charge in [-0.05, 0) is 6.92 Å². The van der Waals surface area contributed by atoms with Crippen LogP contribution in [-0.2, 0) is 22.3 Å². The van der Waals surface area contributed by atoms with Gasteiger partial charge >= 0.3 is 0 Å². The third kappa shape index (κ3) is 4.26. The molecule has 92 valence electrons. The summed E-state index contributed by atoms with van der Waals surface area (Å²) in [6.07, 6.45) is 1.15. The van der Waals surface area contributed by atoms with Crippen LogP contribution in [0, 0.1) is 0 Å². The molecule has 0 bridgehead atoms. The fourth-order valence-electron chi connectivity index (χ4n) is 1.24. The monoisotopic (exact) mass is 229 g/mol. The summed E-state index contributed by atoms with van der Waals surface area (Å²) in [6.45, 7) is 3.70. The molecule has 0 aliphatic rings. The molecule has 1 unspecified atom stereocenters. The van der Waals surface area contributed by atoms with Crippen LogP contribution in [0.4, 0.5) is 0 Å². The first kappa shape index (κ1) is 13.1. The van der Waals surface area contributed by atoms with E-state index in [4.69, 9.17) is 19.7 Å². The van der Waals surface area contributed by atoms with Gasteiger partial charge in [-0.15, -0.1) is 0 Å². The average molecular weight is 229 g/mol. The van der Waals surface area contributed by atoms with Crippen LogP contribution in [0.25, 0.3) is 0 Å². The molecule has 0 amide bonds. The highest BCUT2D eigenvalue weighted by atomic mass is 16.5. The van der Waals surface area contributed by atoms with Gasteiger partial charge in [-0.1, -0.05) is 5.16 Å². The minimum absolute atomic E-state index is 0.0693. The Balaban J connectivity index is 2.38. The minimum Gasteiger partial charge on any atom is -0.381 e. The molecule has 0 radical (unpaired) electrons. The molecule has 1 aromatic rings. The second-order valence-electron chi connectivity index (χ2n) is 3.35. The smallest absolute Gasteiger partial charge is 0.229 e. The third-order valence-corrected chi connectivity index (χ3v) is 2.18. The van der Waals surface area contributed by atoms with E-state index in [1.165, 1.54) is 0 Å². The van der Waals surface area contributed by atoms with E-state index in [0.717, 1.165) is 0 Å². The van der Waals surface area contributed by atoms with Crippen LogP contribution in [0.3, 0.4) is 0 Å². The Morgan fingerprint density at radius 3 is 2.94 bits per heavy atom. The molecule has 2 N–H and O–H groups in total. The zero-order valence-corrected chi connectivity index (χ0v) is 9.81. The first-order valence-electron chi connectivity index (χ1n) is 5.42. The SMILES string of the molecule is CCOCCc1noc(CC(CN)OC)n1. The molecule has 6 nitrogen and oxygen atoms in total. The number of rotatable bonds is 8. The molecule has 0 aliphatic carbocycles. The molecule has 0 saturated carbocycles. The van der Waals surface area contributed by atoms with Crippen molar-refractivity contribution in [2.75, 3.05) is 26.9 Å². The van der Waals surface area contributed by atoms with E-state index in [2.05, 4.69) is 10.1 Å². The molecular weight excluding hydrogens is 210 g/mol. The lowest BCUT2D eigenvalue weighted by atomic mass is 10.2. The Bertz CT molecular complexity index is 287. The summed E-state index contributed by atoms with van der Waals surface area (Å²) in [5.41, 5.74) is 5.50. The van der Waals surface area contributed by atoms with Gasteiger partial charge in [-0.3, -0.25) is 0 Å². The number of aromatic nitrogens is 2. The maximum Gasteiger partial charge on any atom is 0.229 e. The number of hydrogen-bond acceptors (Lipinski definition) is 6. The second-order valence-corrected chi connectivity index (χ2v) is 3.35. The largest absolute Gasteiger partial charge is 0.381 e. The van der Waals surface area contributed by atoms with Gasteiger partial charge in [0.1, 0.15) is 0 Å². The fraction of sp³-hybridized carbons (Fsp3) is 0.800. The predicted molar refractivity (Wildman–Crippen MR) is 58.1 cm³/mol. The number of hydrogen-bond donors (Lipinski definition) is 1. The molecule has 1 rings (SSSR count). The molecular formula is C10H19N3O3. The Hall–Kier alpha value is -0.980. The van der Waals surface area contributed by atoms with Crippen molar-refractivity contribution in [2.45, 2.75) is 25.9 Å². The predicted octanol–water partition coefficient (Wildman–Crippen LogP) is 0.165. The quantitative estimate of drug-likeness (QED) is 0.639. The Kier molecular flexibility index (Phi) is 5.99. The van der Waals surface area contributed by atoms with Crippen LogP contribution in [0.5, 0.6) is 0 Å². The maximum atomic E-state index is 5.50. The highest BCUT2D eigenvalue weighted by molar-refractivity contribution is 4.88. The van der Waals surface area contributed by atoms with E-state index < -0.39 is 0 Å². The second kappa shape index (κ2) is 7.32. The van der Waals surface area contributed by atoms with Gasteiger partial charge in [-0.25, -0.2) is 0 Å². The van der Waals surface area contributed by atoms with E-state index in [1.54, 1.807) is 7.11 Å². The van der Waals surface area contributed by atoms with Gasteiger partial charge in [0.15, 0.2) is 5.82 Å². The molecule has 1 aromatic heterocycles. The van der Waals surface area contributed by atoms with Gasteiger partial charge in [-0.2, -0.15) is 4.98 Å². The molecule has 1 heterocycles. The van der Waals surface area contributed by atoms with Gasteiger partial charge in [0.25, 0.3) is 0 Å². The molecule has 16 heavy (non-hydrogen) atoms. The molecule has 0 aliphatic heterocycles. The molecule has 0 fully saturated rings. The Morgan fingerprint density at radius 1 is 1.50 bits per heavy atom. The lowest BCUT2D eigenvalue weighted by Crippen LogP contribution is -2.24. The summed E-state index contributed by atoms with van der Waals surface area (Å²) in [5.74, 6) is 1.22. The first-order valence-corrected chi connectivity index (χ1v) is 5.42. The van der Waals surface area contributed by atoms with E-state index in [9.17, 15) is 0 Å².